The van der Waals surface area contributed by atoms with Crippen molar-refractivity contribution in [1.82, 2.24) is 4.98 Å². The maximum Gasteiger partial charge on any atom is 0.228 e. The van der Waals surface area contributed by atoms with Crippen molar-refractivity contribution in [1.29, 1.82) is 0 Å². The second kappa shape index (κ2) is 7.13. The zero-order chi connectivity index (χ0) is 17.2. The molecule has 124 valence electrons. The highest BCUT2D eigenvalue weighted by Crippen LogP contribution is 2.34. The predicted octanol–water partition coefficient (Wildman–Crippen LogP) is 5.05. The molecule has 0 radical (unpaired) electrons. The summed E-state index contributed by atoms with van der Waals surface area (Å²) in [5.41, 5.74) is 0.743. The van der Waals surface area contributed by atoms with Gasteiger partial charge in [0.15, 0.2) is 0 Å². The minimum absolute atomic E-state index is 0.0319. The number of hydrogen-bond acceptors (Lipinski definition) is 5. The first-order chi connectivity index (χ1) is 11.5. The van der Waals surface area contributed by atoms with Gasteiger partial charge < -0.3 is 4.42 Å². The molecule has 0 aliphatic carbocycles. The van der Waals surface area contributed by atoms with E-state index in [1.165, 1.54) is 11.8 Å². The standard InChI is InChI=1S/C17H14BrNO3S2/c1-2-23-17-16(19-15(22-17)12-6-4-3-5-7-12)24(20,21)14-10-8-13(18)9-11-14/h3-11H,2H2,1H3. The van der Waals surface area contributed by atoms with Gasteiger partial charge in [0, 0.05) is 10.0 Å². The van der Waals surface area contributed by atoms with Crippen LogP contribution in [-0.4, -0.2) is 19.2 Å². The molecule has 24 heavy (non-hydrogen) atoms. The molecule has 0 fully saturated rings. The lowest BCUT2D eigenvalue weighted by Gasteiger charge is -2.02. The molecule has 4 nitrogen and oxygen atoms in total. The zero-order valence-corrected chi connectivity index (χ0v) is 16.0. The van der Waals surface area contributed by atoms with Crippen LogP contribution in [0, 0.1) is 0 Å². The molecular formula is C17H14BrNO3S2. The maximum atomic E-state index is 12.9. The second-order valence-electron chi connectivity index (χ2n) is 4.87. The lowest BCUT2D eigenvalue weighted by Crippen LogP contribution is -2.03. The number of oxazole rings is 1. The summed E-state index contributed by atoms with van der Waals surface area (Å²) in [4.78, 5) is 4.47. The monoisotopic (exact) mass is 423 g/mol. The molecule has 2 aromatic carbocycles. The lowest BCUT2D eigenvalue weighted by atomic mass is 10.2. The SMILES string of the molecule is CCSc1oc(-c2ccccc2)nc1S(=O)(=O)c1ccc(Br)cc1. The zero-order valence-electron chi connectivity index (χ0n) is 12.8. The molecule has 0 spiro atoms. The van der Waals surface area contributed by atoms with Gasteiger partial charge in [0.05, 0.1) is 4.90 Å². The van der Waals surface area contributed by atoms with E-state index in [9.17, 15) is 8.42 Å². The van der Waals surface area contributed by atoms with E-state index in [0.717, 1.165) is 10.0 Å². The number of hydrogen-bond donors (Lipinski definition) is 0. The highest BCUT2D eigenvalue weighted by atomic mass is 79.9. The molecule has 0 bridgehead atoms. The summed E-state index contributed by atoms with van der Waals surface area (Å²) in [5.74, 6) is 0.994. The van der Waals surface area contributed by atoms with Crippen LogP contribution in [0.15, 0.2) is 78.5 Å². The summed E-state index contributed by atoms with van der Waals surface area (Å²) in [6.07, 6.45) is 0. The van der Waals surface area contributed by atoms with Gasteiger partial charge in [-0.3, -0.25) is 0 Å². The van der Waals surface area contributed by atoms with E-state index >= 15 is 0 Å². The van der Waals surface area contributed by atoms with Crippen molar-refractivity contribution in [3.8, 4) is 11.5 Å². The van der Waals surface area contributed by atoms with E-state index in [2.05, 4.69) is 20.9 Å². The smallest absolute Gasteiger partial charge is 0.228 e. The highest BCUT2D eigenvalue weighted by Gasteiger charge is 2.28. The molecule has 3 rings (SSSR count). The van der Waals surface area contributed by atoms with Crippen molar-refractivity contribution in [3.63, 3.8) is 0 Å². The van der Waals surface area contributed by atoms with Crippen molar-refractivity contribution in [3.05, 3.63) is 59.1 Å². The number of nitrogens with zero attached hydrogens (tertiary/aromatic N) is 1. The van der Waals surface area contributed by atoms with Gasteiger partial charge in [-0.25, -0.2) is 8.42 Å². The Morgan fingerprint density at radius 1 is 1.08 bits per heavy atom. The van der Waals surface area contributed by atoms with Gasteiger partial charge in [-0.05, 0) is 42.2 Å². The molecule has 0 atom stereocenters. The minimum Gasteiger partial charge on any atom is -0.428 e. The van der Waals surface area contributed by atoms with Crippen LogP contribution in [0.5, 0.6) is 0 Å². The largest absolute Gasteiger partial charge is 0.428 e. The van der Waals surface area contributed by atoms with Gasteiger partial charge >= 0.3 is 0 Å². The van der Waals surface area contributed by atoms with E-state index in [-0.39, 0.29) is 9.92 Å². The molecule has 3 aromatic rings. The molecule has 1 aromatic heterocycles. The number of aromatic nitrogens is 1. The number of rotatable bonds is 5. The van der Waals surface area contributed by atoms with E-state index < -0.39 is 9.84 Å². The fourth-order valence-corrected chi connectivity index (χ4v) is 4.64. The molecule has 7 heteroatoms. The van der Waals surface area contributed by atoms with Crippen LogP contribution in [0.1, 0.15) is 6.92 Å². The molecule has 0 amide bonds. The van der Waals surface area contributed by atoms with Crippen molar-refractivity contribution in [2.24, 2.45) is 0 Å². The Balaban J connectivity index is 2.12. The van der Waals surface area contributed by atoms with Crippen molar-refractivity contribution in [2.75, 3.05) is 5.75 Å². The second-order valence-corrected chi connectivity index (χ2v) is 8.89. The number of halogens is 1. The van der Waals surface area contributed by atoms with E-state index in [0.29, 0.717) is 16.7 Å². The Labute approximate surface area is 153 Å². The Hall–Kier alpha value is -1.57. The van der Waals surface area contributed by atoms with Crippen LogP contribution in [0.4, 0.5) is 0 Å². The third-order valence-electron chi connectivity index (χ3n) is 3.24. The number of thioether (sulfide) groups is 1. The number of sulfone groups is 1. The quantitative estimate of drug-likeness (QED) is 0.537. The van der Waals surface area contributed by atoms with Crippen LogP contribution in [0.2, 0.25) is 0 Å². The molecule has 0 aliphatic heterocycles. The van der Waals surface area contributed by atoms with Crippen LogP contribution in [0.3, 0.4) is 0 Å². The van der Waals surface area contributed by atoms with Crippen molar-refractivity contribution >= 4 is 37.5 Å². The van der Waals surface area contributed by atoms with Gasteiger partial charge in [0.2, 0.25) is 25.8 Å². The Morgan fingerprint density at radius 2 is 1.75 bits per heavy atom. The fourth-order valence-electron chi connectivity index (χ4n) is 2.11. The molecule has 0 unspecified atom stereocenters. The topological polar surface area (TPSA) is 60.2 Å². The van der Waals surface area contributed by atoms with E-state index in [1.54, 1.807) is 24.3 Å². The van der Waals surface area contributed by atoms with Crippen LogP contribution >= 0.6 is 27.7 Å². The van der Waals surface area contributed by atoms with E-state index in [1.807, 2.05) is 37.3 Å². The summed E-state index contributed by atoms with van der Waals surface area (Å²) in [7, 11) is -3.74. The van der Waals surface area contributed by atoms with Crippen molar-refractivity contribution in [2.45, 2.75) is 21.9 Å². The van der Waals surface area contributed by atoms with Crippen LogP contribution < -0.4 is 0 Å². The third kappa shape index (κ3) is 3.43. The molecule has 0 saturated heterocycles. The Morgan fingerprint density at radius 3 is 2.38 bits per heavy atom. The van der Waals surface area contributed by atoms with Crippen LogP contribution in [-0.2, 0) is 9.84 Å². The first kappa shape index (κ1) is 17.3. The minimum atomic E-state index is -3.74. The molecule has 0 saturated carbocycles. The lowest BCUT2D eigenvalue weighted by molar-refractivity contribution is 0.470. The Bertz CT molecular complexity index is 936. The average molecular weight is 424 g/mol. The van der Waals surface area contributed by atoms with E-state index in [4.69, 9.17) is 4.42 Å². The summed E-state index contributed by atoms with van der Waals surface area (Å²) in [5, 5.41) is 0.287. The third-order valence-corrected chi connectivity index (χ3v) is 6.41. The molecule has 0 N–H and O–H groups in total. The Kier molecular flexibility index (Phi) is 5.12. The van der Waals surface area contributed by atoms with Crippen molar-refractivity contribution < 1.29 is 12.8 Å². The first-order valence-electron chi connectivity index (χ1n) is 7.22. The first-order valence-corrected chi connectivity index (χ1v) is 10.5. The summed E-state index contributed by atoms with van der Waals surface area (Å²) >= 11 is 4.63. The molecule has 0 aliphatic rings. The highest BCUT2D eigenvalue weighted by molar-refractivity contribution is 9.10. The molecular weight excluding hydrogens is 410 g/mol. The maximum absolute atomic E-state index is 12.9. The fraction of sp³-hybridized carbons (Fsp3) is 0.118. The summed E-state index contributed by atoms with van der Waals surface area (Å²) in [6.45, 7) is 1.94. The summed E-state index contributed by atoms with van der Waals surface area (Å²) in [6, 6.07) is 15.8. The van der Waals surface area contributed by atoms with Gasteiger partial charge in [0.1, 0.15) is 0 Å². The average Bonchev–Trinajstić information content (AvgIpc) is 3.01. The number of benzene rings is 2. The molecule has 1 heterocycles. The van der Waals surface area contributed by atoms with Crippen LogP contribution in [0.25, 0.3) is 11.5 Å². The summed E-state index contributed by atoms with van der Waals surface area (Å²) < 4.78 is 32.4. The van der Waals surface area contributed by atoms with Gasteiger partial charge in [-0.15, -0.1) is 0 Å². The normalized spacial score (nSPS) is 11.6. The van der Waals surface area contributed by atoms with Gasteiger partial charge in [-0.2, -0.15) is 4.98 Å². The van der Waals surface area contributed by atoms with Gasteiger partial charge in [0.25, 0.3) is 0 Å². The van der Waals surface area contributed by atoms with Gasteiger partial charge in [-0.1, -0.05) is 52.8 Å². The predicted molar refractivity (Wildman–Crippen MR) is 97.9 cm³/mol.